The minimum atomic E-state index is -1.18. The number of hydrogen-bond donors (Lipinski definition) is 1. The average Bonchev–Trinajstić information content (AvgIpc) is 2.77. The molecular formula is C18H17N3O2. The summed E-state index contributed by atoms with van der Waals surface area (Å²) in [5.74, 6) is -0.304. The highest BCUT2D eigenvalue weighted by Crippen LogP contribution is 2.46. The van der Waals surface area contributed by atoms with Crippen molar-refractivity contribution >= 4 is 23.2 Å². The Bertz CT molecular complexity index is 861. The van der Waals surface area contributed by atoms with Crippen LogP contribution in [-0.4, -0.2) is 30.8 Å². The molecule has 2 aliphatic rings. The van der Waals surface area contributed by atoms with Gasteiger partial charge in [-0.1, -0.05) is 29.8 Å². The largest absolute Gasteiger partial charge is 0.350 e. The summed E-state index contributed by atoms with van der Waals surface area (Å²) in [5.41, 5.74) is 2.74. The number of benzene rings is 2. The molecule has 1 atom stereocenters. The number of nitrogens with one attached hydrogen (secondary N) is 1. The molecule has 0 saturated carbocycles. The predicted octanol–water partition coefficient (Wildman–Crippen LogP) is 2.32. The van der Waals surface area contributed by atoms with Crippen LogP contribution in [0.1, 0.15) is 21.5 Å². The van der Waals surface area contributed by atoms with Crippen LogP contribution >= 0.6 is 0 Å². The van der Waals surface area contributed by atoms with Crippen molar-refractivity contribution in [1.82, 2.24) is 4.90 Å². The highest BCUT2D eigenvalue weighted by molar-refractivity contribution is 6.14. The molecule has 0 bridgehead atoms. The van der Waals surface area contributed by atoms with Gasteiger partial charge >= 0.3 is 0 Å². The van der Waals surface area contributed by atoms with Crippen molar-refractivity contribution in [3.05, 3.63) is 59.2 Å². The topological polar surface area (TPSA) is 52.7 Å². The number of carbonyl (C=O) groups is 2. The number of carbonyl (C=O) groups excluding carboxylic acids is 2. The van der Waals surface area contributed by atoms with Gasteiger partial charge in [-0.3, -0.25) is 9.59 Å². The maximum Gasteiger partial charge on any atom is 0.278 e. The van der Waals surface area contributed by atoms with E-state index in [1.165, 1.54) is 4.90 Å². The summed E-state index contributed by atoms with van der Waals surface area (Å²) in [5, 5.41) is 3.33. The highest BCUT2D eigenvalue weighted by atomic mass is 16.2. The van der Waals surface area contributed by atoms with E-state index in [9.17, 15) is 9.59 Å². The van der Waals surface area contributed by atoms with Crippen molar-refractivity contribution in [2.75, 3.05) is 24.3 Å². The fourth-order valence-corrected chi connectivity index (χ4v) is 3.54. The highest BCUT2D eigenvalue weighted by Gasteiger charge is 2.56. The van der Waals surface area contributed by atoms with E-state index in [4.69, 9.17) is 0 Å². The molecule has 1 N–H and O–H groups in total. The van der Waals surface area contributed by atoms with E-state index < -0.39 is 5.66 Å². The zero-order chi connectivity index (χ0) is 16.4. The fraction of sp³-hybridized carbons (Fsp3) is 0.222. The Balaban J connectivity index is 1.98. The van der Waals surface area contributed by atoms with Crippen molar-refractivity contribution < 1.29 is 9.59 Å². The minimum Gasteiger partial charge on any atom is -0.350 e. The molecule has 116 valence electrons. The van der Waals surface area contributed by atoms with E-state index >= 15 is 0 Å². The van der Waals surface area contributed by atoms with Gasteiger partial charge in [0.05, 0.1) is 11.3 Å². The number of anilines is 2. The first kappa shape index (κ1) is 13.8. The first-order valence-corrected chi connectivity index (χ1v) is 7.51. The van der Waals surface area contributed by atoms with Crippen LogP contribution in [0.3, 0.4) is 0 Å². The molecule has 23 heavy (non-hydrogen) atoms. The molecule has 2 aliphatic heterocycles. The van der Waals surface area contributed by atoms with E-state index in [0.29, 0.717) is 11.3 Å². The van der Waals surface area contributed by atoms with Crippen LogP contribution < -0.4 is 10.2 Å². The van der Waals surface area contributed by atoms with Gasteiger partial charge in [0.25, 0.3) is 11.8 Å². The fourth-order valence-electron chi connectivity index (χ4n) is 3.54. The minimum absolute atomic E-state index is 0.152. The van der Waals surface area contributed by atoms with Crippen LogP contribution in [0.4, 0.5) is 11.4 Å². The Morgan fingerprint density at radius 1 is 1.04 bits per heavy atom. The number of likely N-dealkylation sites (N-methyl/N-ethyl adjacent to an activating group) is 2. The van der Waals surface area contributed by atoms with Crippen molar-refractivity contribution in [3.63, 3.8) is 0 Å². The second kappa shape index (κ2) is 4.35. The first-order valence-electron chi connectivity index (χ1n) is 7.51. The molecule has 0 aliphatic carbocycles. The summed E-state index contributed by atoms with van der Waals surface area (Å²) >= 11 is 0. The van der Waals surface area contributed by atoms with Crippen molar-refractivity contribution in [2.45, 2.75) is 12.6 Å². The lowest BCUT2D eigenvalue weighted by molar-refractivity contribution is -0.126. The van der Waals surface area contributed by atoms with Crippen LogP contribution in [0.15, 0.2) is 42.5 Å². The molecule has 1 spiro atoms. The summed E-state index contributed by atoms with van der Waals surface area (Å²) in [7, 11) is 3.41. The Kier molecular flexibility index (Phi) is 2.61. The number of para-hydroxylation sites is 1. The van der Waals surface area contributed by atoms with E-state index in [2.05, 4.69) is 5.32 Å². The third-order valence-corrected chi connectivity index (χ3v) is 4.80. The second-order valence-electron chi connectivity index (χ2n) is 6.13. The quantitative estimate of drug-likeness (QED) is 0.812. The third kappa shape index (κ3) is 1.56. The van der Waals surface area contributed by atoms with Gasteiger partial charge in [-0.15, -0.1) is 0 Å². The van der Waals surface area contributed by atoms with Gasteiger partial charge in [0.2, 0.25) is 5.66 Å². The first-order chi connectivity index (χ1) is 11.0. The zero-order valence-electron chi connectivity index (χ0n) is 13.3. The smallest absolute Gasteiger partial charge is 0.278 e. The summed E-state index contributed by atoms with van der Waals surface area (Å²) < 4.78 is 0. The Morgan fingerprint density at radius 3 is 2.57 bits per heavy atom. The number of hydrogen-bond acceptors (Lipinski definition) is 3. The summed E-state index contributed by atoms with van der Waals surface area (Å²) in [4.78, 5) is 29.1. The average molecular weight is 307 g/mol. The third-order valence-electron chi connectivity index (χ3n) is 4.80. The van der Waals surface area contributed by atoms with E-state index in [0.717, 1.165) is 16.8 Å². The maximum atomic E-state index is 13.0. The van der Waals surface area contributed by atoms with Crippen molar-refractivity contribution in [3.8, 4) is 0 Å². The van der Waals surface area contributed by atoms with Crippen LogP contribution in [0, 0.1) is 6.92 Å². The molecule has 4 rings (SSSR count). The molecule has 5 nitrogen and oxygen atoms in total. The number of amides is 2. The lowest BCUT2D eigenvalue weighted by atomic mass is 9.93. The van der Waals surface area contributed by atoms with Crippen LogP contribution in [0.25, 0.3) is 0 Å². The lowest BCUT2D eigenvalue weighted by Crippen LogP contribution is -2.60. The Labute approximate surface area is 134 Å². The molecule has 2 amide bonds. The Morgan fingerprint density at radius 2 is 1.78 bits per heavy atom. The molecule has 0 saturated heterocycles. The second-order valence-corrected chi connectivity index (χ2v) is 6.13. The number of fused-ring (bicyclic) bond motifs is 3. The van der Waals surface area contributed by atoms with E-state index in [1.807, 2.05) is 49.4 Å². The standard InChI is InChI=1S/C18H17N3O2/c1-11-8-9-14-12(10-11)16(22)21(3)18(19-14)13-6-4-5-7-15(13)20(2)17(18)23/h4-10,19H,1-3H3/t18-/m1/s1. The normalized spacial score (nSPS) is 22.2. The SMILES string of the molecule is Cc1ccc2c(c1)C(=O)N(C)[C@@]1(N2)C(=O)N(C)c2ccccc21. The zero-order valence-corrected chi connectivity index (χ0v) is 13.3. The predicted molar refractivity (Wildman–Crippen MR) is 88.4 cm³/mol. The van der Waals surface area contributed by atoms with E-state index in [-0.39, 0.29) is 11.8 Å². The van der Waals surface area contributed by atoms with Crippen LogP contribution in [0.2, 0.25) is 0 Å². The van der Waals surface area contributed by atoms with Gasteiger partial charge in [0.1, 0.15) is 0 Å². The maximum absolute atomic E-state index is 13.0. The van der Waals surface area contributed by atoms with Gasteiger partial charge in [-0.2, -0.15) is 0 Å². The van der Waals surface area contributed by atoms with Crippen molar-refractivity contribution in [2.24, 2.45) is 0 Å². The molecule has 0 unspecified atom stereocenters. The van der Waals surface area contributed by atoms with Gasteiger partial charge in [-0.05, 0) is 25.1 Å². The molecule has 0 fully saturated rings. The monoisotopic (exact) mass is 307 g/mol. The number of nitrogens with zero attached hydrogens (tertiary/aromatic N) is 2. The van der Waals surface area contributed by atoms with Crippen molar-refractivity contribution in [1.29, 1.82) is 0 Å². The molecule has 2 aromatic carbocycles. The van der Waals surface area contributed by atoms with Gasteiger partial charge in [0, 0.05) is 25.3 Å². The lowest BCUT2D eigenvalue weighted by Gasteiger charge is -2.43. The summed E-state index contributed by atoms with van der Waals surface area (Å²) in [6.45, 7) is 1.95. The summed E-state index contributed by atoms with van der Waals surface area (Å²) in [6, 6.07) is 13.2. The van der Waals surface area contributed by atoms with Crippen LogP contribution in [0.5, 0.6) is 0 Å². The van der Waals surface area contributed by atoms with Gasteiger partial charge in [0.15, 0.2) is 0 Å². The van der Waals surface area contributed by atoms with Crippen LogP contribution in [-0.2, 0) is 10.5 Å². The molecule has 0 radical (unpaired) electrons. The van der Waals surface area contributed by atoms with Gasteiger partial charge < -0.3 is 15.1 Å². The number of aryl methyl sites for hydroxylation is 1. The molecule has 2 heterocycles. The molecule has 2 aromatic rings. The Hall–Kier alpha value is -2.82. The number of rotatable bonds is 0. The molecule has 5 heteroatoms. The molecular weight excluding hydrogens is 290 g/mol. The van der Waals surface area contributed by atoms with E-state index in [1.54, 1.807) is 19.0 Å². The summed E-state index contributed by atoms with van der Waals surface area (Å²) in [6.07, 6.45) is 0. The van der Waals surface area contributed by atoms with Gasteiger partial charge in [-0.25, -0.2) is 0 Å². The molecule has 0 aromatic heterocycles.